The van der Waals surface area contributed by atoms with Crippen LogP contribution >= 0.6 is 0 Å². The first-order valence-electron chi connectivity index (χ1n) is 12.2. The molecule has 1 amide bonds. The minimum atomic E-state index is -0.699. The Morgan fingerprint density at radius 1 is 1.06 bits per heavy atom. The first-order valence-corrected chi connectivity index (χ1v) is 12.2. The third kappa shape index (κ3) is 4.46. The molecule has 2 aromatic carbocycles. The monoisotopic (exact) mass is 474 g/mol. The Balaban J connectivity index is 1.43. The van der Waals surface area contributed by atoms with Gasteiger partial charge in [-0.3, -0.25) is 9.69 Å². The van der Waals surface area contributed by atoms with E-state index in [9.17, 15) is 9.18 Å². The number of carbonyl (C=O) groups excluding carboxylic acids is 1. The minimum absolute atomic E-state index is 0.0277. The molecule has 1 atom stereocenters. The highest BCUT2D eigenvalue weighted by atomic mass is 19.1. The molecular formula is C27H31FN6O. The maximum atomic E-state index is 14.9. The topological polar surface area (TPSA) is 87.4 Å². The van der Waals surface area contributed by atoms with Gasteiger partial charge in [-0.05, 0) is 57.0 Å². The molecule has 0 saturated carbocycles. The van der Waals surface area contributed by atoms with E-state index in [1.807, 2.05) is 30.3 Å². The van der Waals surface area contributed by atoms with Gasteiger partial charge in [-0.25, -0.2) is 4.98 Å². The number of hydrogen-bond donors (Lipinski definition) is 2. The van der Waals surface area contributed by atoms with E-state index in [0.29, 0.717) is 35.4 Å². The zero-order valence-corrected chi connectivity index (χ0v) is 20.4. The number of rotatable bonds is 4. The first kappa shape index (κ1) is 23.2. The molecule has 0 bridgehead atoms. The molecule has 35 heavy (non-hydrogen) atoms. The Bertz CT molecular complexity index is 1260. The quantitative estimate of drug-likeness (QED) is 0.599. The van der Waals surface area contributed by atoms with Gasteiger partial charge in [0.2, 0.25) is 5.95 Å². The lowest BCUT2D eigenvalue weighted by atomic mass is 9.96. The van der Waals surface area contributed by atoms with E-state index in [0.717, 1.165) is 42.9 Å². The van der Waals surface area contributed by atoms with Gasteiger partial charge in [-0.1, -0.05) is 18.2 Å². The minimum Gasteiger partial charge on any atom is -0.382 e. The Morgan fingerprint density at radius 3 is 2.51 bits per heavy atom. The van der Waals surface area contributed by atoms with Crippen LogP contribution in [0.3, 0.4) is 0 Å². The molecule has 5 rings (SSSR count). The molecule has 1 aromatic heterocycles. The van der Waals surface area contributed by atoms with E-state index in [1.54, 1.807) is 12.1 Å². The summed E-state index contributed by atoms with van der Waals surface area (Å²) in [6, 6.07) is 14.2. The van der Waals surface area contributed by atoms with Crippen molar-refractivity contribution in [1.29, 1.82) is 0 Å². The summed E-state index contributed by atoms with van der Waals surface area (Å²) in [5, 5.41) is 2.84. The van der Waals surface area contributed by atoms with Crippen molar-refractivity contribution in [3.05, 3.63) is 59.5 Å². The van der Waals surface area contributed by atoms with Crippen molar-refractivity contribution in [2.45, 2.75) is 39.3 Å². The second-order valence-corrected chi connectivity index (χ2v) is 9.65. The molecule has 8 heteroatoms. The summed E-state index contributed by atoms with van der Waals surface area (Å²) in [6.07, 6.45) is 0.724. The van der Waals surface area contributed by atoms with Crippen LogP contribution in [0, 0.1) is 5.95 Å². The molecule has 0 spiro atoms. The molecule has 1 fully saturated rings. The van der Waals surface area contributed by atoms with Crippen molar-refractivity contribution in [3.8, 4) is 22.5 Å². The molecule has 3 N–H and O–H groups in total. The van der Waals surface area contributed by atoms with Crippen molar-refractivity contribution >= 4 is 17.4 Å². The Kier molecular flexibility index (Phi) is 6.15. The van der Waals surface area contributed by atoms with Crippen LogP contribution in [0.2, 0.25) is 0 Å². The van der Waals surface area contributed by atoms with Crippen LogP contribution in [0.25, 0.3) is 22.5 Å². The fourth-order valence-electron chi connectivity index (χ4n) is 5.05. The number of aromatic nitrogens is 2. The maximum absolute atomic E-state index is 14.9. The molecule has 0 aliphatic carbocycles. The number of nitrogens with two attached hydrogens (primary N) is 1. The van der Waals surface area contributed by atoms with Crippen LogP contribution in [0.4, 0.5) is 15.9 Å². The number of nitrogens with one attached hydrogen (secondary N) is 1. The van der Waals surface area contributed by atoms with Crippen molar-refractivity contribution in [2.75, 3.05) is 36.8 Å². The standard InChI is InChI=1S/C27H31FN6O/c1-16(2)33-12-13-34(17(3)15-33)21-7-4-18(5-8-21)23-25(28)32-26(29)24(31-23)20-6-9-22-19(14-20)10-11-30-27(22)35/h4-9,14,16-17H,10-13,15H2,1-3H3,(H2,29,32)(H,30,35)/t17-/m1/s1. The highest BCUT2D eigenvalue weighted by molar-refractivity contribution is 5.97. The summed E-state index contributed by atoms with van der Waals surface area (Å²) in [6.45, 7) is 10.3. The first-order chi connectivity index (χ1) is 16.8. The number of carbonyl (C=O) groups is 1. The van der Waals surface area contributed by atoms with Crippen molar-refractivity contribution in [1.82, 2.24) is 20.2 Å². The molecule has 0 radical (unpaired) electrons. The van der Waals surface area contributed by atoms with E-state index in [2.05, 4.69) is 45.9 Å². The number of anilines is 2. The SMILES string of the molecule is CC(C)N1CCN(c2ccc(-c3nc(-c4ccc5c(c4)CCNC5=O)c(N)nc3F)cc2)[C@H](C)C1. The zero-order chi connectivity index (χ0) is 24.7. The lowest BCUT2D eigenvalue weighted by Crippen LogP contribution is -2.53. The van der Waals surface area contributed by atoms with Gasteiger partial charge in [0.1, 0.15) is 11.4 Å². The van der Waals surface area contributed by atoms with Gasteiger partial charge >= 0.3 is 0 Å². The number of benzene rings is 2. The van der Waals surface area contributed by atoms with Crippen LogP contribution in [0.1, 0.15) is 36.7 Å². The fraction of sp³-hybridized carbons (Fsp3) is 0.370. The molecular weight excluding hydrogens is 443 g/mol. The van der Waals surface area contributed by atoms with E-state index in [-0.39, 0.29) is 17.4 Å². The fourth-order valence-corrected chi connectivity index (χ4v) is 5.05. The van der Waals surface area contributed by atoms with Gasteiger partial charge in [0.05, 0.1) is 0 Å². The predicted octanol–water partition coefficient (Wildman–Crippen LogP) is 3.74. The van der Waals surface area contributed by atoms with E-state index >= 15 is 0 Å². The lowest BCUT2D eigenvalue weighted by Gasteiger charge is -2.43. The molecule has 0 unspecified atom stereocenters. The number of amides is 1. The molecule has 2 aliphatic heterocycles. The molecule has 1 saturated heterocycles. The summed E-state index contributed by atoms with van der Waals surface area (Å²) >= 11 is 0. The largest absolute Gasteiger partial charge is 0.382 e. The molecule has 182 valence electrons. The van der Waals surface area contributed by atoms with Crippen molar-refractivity contribution in [3.63, 3.8) is 0 Å². The van der Waals surface area contributed by atoms with E-state index < -0.39 is 5.95 Å². The highest BCUT2D eigenvalue weighted by Crippen LogP contribution is 2.31. The number of nitrogen functional groups attached to an aromatic ring is 1. The van der Waals surface area contributed by atoms with Crippen LogP contribution in [0.5, 0.6) is 0 Å². The van der Waals surface area contributed by atoms with E-state index in [1.165, 1.54) is 0 Å². The summed E-state index contributed by atoms with van der Waals surface area (Å²) in [5.74, 6) is -0.758. The van der Waals surface area contributed by atoms with E-state index in [4.69, 9.17) is 5.73 Å². The zero-order valence-electron chi connectivity index (χ0n) is 20.4. The van der Waals surface area contributed by atoms with Crippen LogP contribution in [0.15, 0.2) is 42.5 Å². The normalized spacial score (nSPS) is 18.5. The van der Waals surface area contributed by atoms with Gasteiger partial charge in [-0.2, -0.15) is 9.37 Å². The van der Waals surface area contributed by atoms with Crippen LogP contribution < -0.4 is 16.0 Å². The Hall–Kier alpha value is -3.52. The van der Waals surface area contributed by atoms with Gasteiger partial charge in [0, 0.05) is 60.6 Å². The molecule has 7 nitrogen and oxygen atoms in total. The third-order valence-electron chi connectivity index (χ3n) is 7.05. The summed E-state index contributed by atoms with van der Waals surface area (Å²) < 4.78 is 14.9. The van der Waals surface area contributed by atoms with Gasteiger partial charge in [0.15, 0.2) is 5.82 Å². The lowest BCUT2D eigenvalue weighted by molar-refractivity contribution is 0.0946. The Labute approximate surface area is 205 Å². The highest BCUT2D eigenvalue weighted by Gasteiger charge is 2.25. The number of hydrogen-bond acceptors (Lipinski definition) is 6. The number of halogens is 1. The number of piperazine rings is 1. The maximum Gasteiger partial charge on any atom is 0.251 e. The third-order valence-corrected chi connectivity index (χ3v) is 7.05. The van der Waals surface area contributed by atoms with Gasteiger partial charge < -0.3 is 16.0 Å². The van der Waals surface area contributed by atoms with Gasteiger partial charge in [-0.15, -0.1) is 0 Å². The molecule has 3 heterocycles. The molecule has 3 aromatic rings. The Morgan fingerprint density at radius 2 is 1.80 bits per heavy atom. The van der Waals surface area contributed by atoms with Crippen molar-refractivity contribution in [2.24, 2.45) is 0 Å². The summed E-state index contributed by atoms with van der Waals surface area (Å²) in [7, 11) is 0. The molecule has 2 aliphatic rings. The average molecular weight is 475 g/mol. The van der Waals surface area contributed by atoms with Crippen LogP contribution in [-0.2, 0) is 6.42 Å². The van der Waals surface area contributed by atoms with Crippen LogP contribution in [-0.4, -0.2) is 59.0 Å². The second-order valence-electron chi connectivity index (χ2n) is 9.65. The van der Waals surface area contributed by atoms with Crippen molar-refractivity contribution < 1.29 is 9.18 Å². The predicted molar refractivity (Wildman–Crippen MR) is 137 cm³/mol. The number of nitrogens with zero attached hydrogens (tertiary/aromatic N) is 4. The average Bonchev–Trinajstić information content (AvgIpc) is 2.84. The number of fused-ring (bicyclic) bond motifs is 1. The summed E-state index contributed by atoms with van der Waals surface area (Å²) in [4.78, 5) is 25.5. The van der Waals surface area contributed by atoms with Gasteiger partial charge in [0.25, 0.3) is 5.91 Å². The smallest absolute Gasteiger partial charge is 0.251 e. The second kappa shape index (κ2) is 9.26. The summed E-state index contributed by atoms with van der Waals surface area (Å²) in [5.41, 5.74) is 10.7.